The second kappa shape index (κ2) is 12.5. The van der Waals surface area contributed by atoms with Gasteiger partial charge in [-0.1, -0.05) is 38.5 Å². The summed E-state index contributed by atoms with van der Waals surface area (Å²) in [5.74, 6) is 0.495. The number of unbranched alkanes of at least 4 members (excludes halogenated alkanes) is 2. The predicted octanol–water partition coefficient (Wildman–Crippen LogP) is 4.39. The number of nitrogens with zero attached hydrogens (tertiary/aromatic N) is 1. The molecule has 1 atom stereocenters. The number of ether oxygens (including phenoxy) is 1. The molecule has 0 spiro atoms. The number of hydrogen-bond acceptors (Lipinski definition) is 6. The summed E-state index contributed by atoms with van der Waals surface area (Å²) in [5, 5.41) is 5.63. The summed E-state index contributed by atoms with van der Waals surface area (Å²) in [4.78, 5) is 40.4. The van der Waals surface area contributed by atoms with E-state index in [1.807, 2.05) is 13.8 Å². The fourth-order valence-electron chi connectivity index (χ4n) is 2.35. The molecule has 1 aromatic rings. The number of hydrogen-bond donors (Lipinski definition) is 2. The van der Waals surface area contributed by atoms with Crippen molar-refractivity contribution in [1.29, 1.82) is 0 Å². The van der Waals surface area contributed by atoms with Gasteiger partial charge in [0.15, 0.2) is 5.12 Å². The number of amides is 2. The molecule has 2 amide bonds. The molecule has 8 heteroatoms. The van der Waals surface area contributed by atoms with Crippen molar-refractivity contribution in [3.05, 3.63) is 24.5 Å². The van der Waals surface area contributed by atoms with E-state index >= 15 is 0 Å². The van der Waals surface area contributed by atoms with E-state index in [4.69, 9.17) is 4.74 Å². The molecule has 162 valence electrons. The van der Waals surface area contributed by atoms with Gasteiger partial charge >= 0.3 is 6.09 Å². The SMILES string of the molecule is CC(C)C(=O)SCCCCC[C@H](NC(=O)OC(C)(C)C)C(=O)Nc1cccnc1. The summed E-state index contributed by atoms with van der Waals surface area (Å²) < 4.78 is 5.28. The van der Waals surface area contributed by atoms with Crippen LogP contribution in [0.3, 0.4) is 0 Å². The lowest BCUT2D eigenvalue weighted by Crippen LogP contribution is -2.45. The molecular formula is C21H33N3O4S. The second-order valence-electron chi connectivity index (χ2n) is 8.10. The highest BCUT2D eigenvalue weighted by Gasteiger charge is 2.24. The third-order valence-electron chi connectivity index (χ3n) is 3.79. The Morgan fingerprint density at radius 2 is 1.90 bits per heavy atom. The highest BCUT2D eigenvalue weighted by molar-refractivity contribution is 8.13. The van der Waals surface area contributed by atoms with Crippen LogP contribution in [0.5, 0.6) is 0 Å². The normalized spacial score (nSPS) is 12.3. The minimum absolute atomic E-state index is 0.0404. The molecule has 0 aliphatic heterocycles. The number of pyridine rings is 1. The van der Waals surface area contributed by atoms with Crippen LogP contribution in [-0.2, 0) is 14.3 Å². The number of alkyl carbamates (subject to hydrolysis) is 1. The summed E-state index contributed by atoms with van der Waals surface area (Å²) in [6.07, 6.45) is 5.52. The van der Waals surface area contributed by atoms with E-state index in [2.05, 4.69) is 15.6 Å². The van der Waals surface area contributed by atoms with Gasteiger partial charge < -0.3 is 15.4 Å². The van der Waals surface area contributed by atoms with E-state index in [9.17, 15) is 14.4 Å². The van der Waals surface area contributed by atoms with E-state index < -0.39 is 17.7 Å². The Balaban J connectivity index is 2.54. The first-order valence-electron chi connectivity index (χ1n) is 9.95. The smallest absolute Gasteiger partial charge is 0.408 e. The first kappa shape index (κ1) is 24.9. The third-order valence-corrected chi connectivity index (χ3v) is 5.04. The van der Waals surface area contributed by atoms with Crippen LogP contribution in [0, 0.1) is 5.92 Å². The first-order chi connectivity index (χ1) is 13.6. The number of anilines is 1. The molecule has 0 aliphatic rings. The summed E-state index contributed by atoms with van der Waals surface area (Å²) >= 11 is 1.35. The van der Waals surface area contributed by atoms with Gasteiger partial charge in [-0.15, -0.1) is 0 Å². The maximum absolute atomic E-state index is 12.6. The first-order valence-corrected chi connectivity index (χ1v) is 10.9. The average molecular weight is 424 g/mol. The minimum atomic E-state index is -0.713. The van der Waals surface area contributed by atoms with Crippen molar-refractivity contribution < 1.29 is 19.1 Å². The number of rotatable bonds is 10. The van der Waals surface area contributed by atoms with Gasteiger partial charge in [-0.05, 0) is 45.7 Å². The molecule has 0 bridgehead atoms. The standard InChI is InChI=1S/C21H33N3O4S/c1-15(2)19(26)29-13-8-6-7-11-17(24-20(27)28-21(3,4)5)18(25)23-16-10-9-12-22-14-16/h9-10,12,14-15,17H,6-8,11,13H2,1-5H3,(H,23,25)(H,24,27)/t17-/m0/s1. The van der Waals surface area contributed by atoms with Crippen LogP contribution in [0.4, 0.5) is 10.5 Å². The fourth-order valence-corrected chi connectivity index (χ4v) is 3.23. The zero-order valence-electron chi connectivity index (χ0n) is 18.0. The summed E-state index contributed by atoms with van der Waals surface area (Å²) in [6.45, 7) is 9.10. The fraction of sp³-hybridized carbons (Fsp3) is 0.619. The number of carbonyl (C=O) groups is 3. The molecule has 7 nitrogen and oxygen atoms in total. The van der Waals surface area contributed by atoms with Gasteiger partial charge in [0.05, 0.1) is 11.9 Å². The van der Waals surface area contributed by atoms with Crippen LogP contribution >= 0.6 is 11.8 Å². The third kappa shape index (κ3) is 11.5. The van der Waals surface area contributed by atoms with Crippen molar-refractivity contribution in [1.82, 2.24) is 10.3 Å². The molecule has 0 saturated carbocycles. The summed E-state index contributed by atoms with van der Waals surface area (Å²) in [5.41, 5.74) is -0.0775. The molecule has 0 radical (unpaired) electrons. The Morgan fingerprint density at radius 1 is 1.17 bits per heavy atom. The van der Waals surface area contributed by atoms with Crippen molar-refractivity contribution in [3.8, 4) is 0 Å². The lowest BCUT2D eigenvalue weighted by atomic mass is 10.1. The van der Waals surface area contributed by atoms with Gasteiger partial charge in [0.25, 0.3) is 0 Å². The van der Waals surface area contributed by atoms with Crippen molar-refractivity contribution in [3.63, 3.8) is 0 Å². The van der Waals surface area contributed by atoms with E-state index in [1.165, 1.54) is 11.8 Å². The van der Waals surface area contributed by atoms with Crippen LogP contribution in [-0.4, -0.2) is 39.5 Å². The van der Waals surface area contributed by atoms with E-state index in [0.29, 0.717) is 12.1 Å². The zero-order chi connectivity index (χ0) is 21.9. The van der Waals surface area contributed by atoms with Crippen LogP contribution < -0.4 is 10.6 Å². The number of nitrogens with one attached hydrogen (secondary N) is 2. The predicted molar refractivity (Wildman–Crippen MR) is 117 cm³/mol. The van der Waals surface area contributed by atoms with Gasteiger partial charge in [0.2, 0.25) is 5.91 Å². The van der Waals surface area contributed by atoms with Crippen molar-refractivity contribution in [2.75, 3.05) is 11.1 Å². The lowest BCUT2D eigenvalue weighted by molar-refractivity contribution is -0.118. The molecule has 29 heavy (non-hydrogen) atoms. The maximum atomic E-state index is 12.6. The van der Waals surface area contributed by atoms with Crippen LogP contribution in [0.2, 0.25) is 0 Å². The quantitative estimate of drug-likeness (QED) is 0.542. The summed E-state index contributed by atoms with van der Waals surface area (Å²) in [6, 6.07) is 2.75. The number of aromatic nitrogens is 1. The molecule has 1 rings (SSSR count). The van der Waals surface area contributed by atoms with E-state index in [0.717, 1.165) is 25.0 Å². The van der Waals surface area contributed by atoms with Crippen molar-refractivity contribution >= 4 is 34.6 Å². The highest BCUT2D eigenvalue weighted by atomic mass is 32.2. The second-order valence-corrected chi connectivity index (χ2v) is 9.20. The molecule has 0 aliphatic carbocycles. The van der Waals surface area contributed by atoms with Gasteiger partial charge in [-0.3, -0.25) is 14.6 Å². The monoisotopic (exact) mass is 423 g/mol. The molecule has 1 aromatic heterocycles. The maximum Gasteiger partial charge on any atom is 0.408 e. The average Bonchev–Trinajstić information content (AvgIpc) is 2.62. The van der Waals surface area contributed by atoms with Gasteiger partial charge in [0, 0.05) is 17.9 Å². The molecule has 2 N–H and O–H groups in total. The van der Waals surface area contributed by atoms with Crippen LogP contribution in [0.1, 0.15) is 60.3 Å². The molecular weight excluding hydrogens is 390 g/mol. The zero-order valence-corrected chi connectivity index (χ0v) is 18.8. The molecule has 0 saturated heterocycles. The largest absolute Gasteiger partial charge is 0.444 e. The van der Waals surface area contributed by atoms with E-state index in [1.54, 1.807) is 45.3 Å². The highest BCUT2D eigenvalue weighted by Crippen LogP contribution is 2.15. The Morgan fingerprint density at radius 3 is 2.48 bits per heavy atom. The number of thioether (sulfide) groups is 1. The minimum Gasteiger partial charge on any atom is -0.444 e. The van der Waals surface area contributed by atoms with Crippen molar-refractivity contribution in [2.24, 2.45) is 5.92 Å². The molecule has 0 aromatic carbocycles. The van der Waals surface area contributed by atoms with Gasteiger partial charge in [-0.25, -0.2) is 4.79 Å². The molecule has 0 fully saturated rings. The summed E-state index contributed by atoms with van der Waals surface area (Å²) in [7, 11) is 0. The Bertz CT molecular complexity index is 660. The lowest BCUT2D eigenvalue weighted by Gasteiger charge is -2.23. The van der Waals surface area contributed by atoms with Crippen LogP contribution in [0.25, 0.3) is 0 Å². The molecule has 1 heterocycles. The Kier molecular flexibility index (Phi) is 10.7. The Labute approximate surface area is 177 Å². The van der Waals surface area contributed by atoms with Crippen LogP contribution in [0.15, 0.2) is 24.5 Å². The molecule has 0 unspecified atom stereocenters. The van der Waals surface area contributed by atoms with E-state index in [-0.39, 0.29) is 16.9 Å². The topological polar surface area (TPSA) is 97.4 Å². The van der Waals surface area contributed by atoms with Gasteiger partial charge in [-0.2, -0.15) is 0 Å². The van der Waals surface area contributed by atoms with Crippen molar-refractivity contribution in [2.45, 2.75) is 71.9 Å². The number of carbonyl (C=O) groups excluding carboxylic acids is 3. The van der Waals surface area contributed by atoms with Gasteiger partial charge in [0.1, 0.15) is 11.6 Å². The Hall–Kier alpha value is -2.09.